The Hall–Kier alpha value is -1.84. The Bertz CT molecular complexity index is 435. The first-order chi connectivity index (χ1) is 7.66. The highest BCUT2D eigenvalue weighted by molar-refractivity contribution is 5.95. The average molecular weight is 220 g/mol. The summed E-state index contributed by atoms with van der Waals surface area (Å²) in [6.07, 6.45) is 5.62. The molecule has 0 atom stereocenters. The van der Waals surface area contributed by atoms with Crippen molar-refractivity contribution in [1.29, 1.82) is 0 Å². The quantitative estimate of drug-likeness (QED) is 0.590. The zero-order chi connectivity index (χ0) is 11.5. The second-order valence-electron chi connectivity index (χ2n) is 3.85. The number of nitrogens with two attached hydrogens (primary N) is 1. The fourth-order valence-corrected chi connectivity index (χ4v) is 1.71. The summed E-state index contributed by atoms with van der Waals surface area (Å²) in [4.78, 5) is 11.7. The SMILES string of the molecule is Nc1ccc(C(=O)NC2CC=CC2)c(F)c1. The van der Waals surface area contributed by atoms with Gasteiger partial charge in [0.05, 0.1) is 5.56 Å². The minimum Gasteiger partial charge on any atom is -0.399 e. The predicted octanol–water partition coefficient (Wildman–Crippen LogP) is 1.86. The molecule has 1 amide bonds. The van der Waals surface area contributed by atoms with Crippen molar-refractivity contribution >= 4 is 11.6 Å². The molecule has 0 bridgehead atoms. The highest BCUT2D eigenvalue weighted by atomic mass is 19.1. The second kappa shape index (κ2) is 4.35. The fraction of sp³-hybridized carbons (Fsp3) is 0.250. The molecule has 16 heavy (non-hydrogen) atoms. The molecule has 0 unspecified atom stereocenters. The van der Waals surface area contributed by atoms with Gasteiger partial charge in [0.2, 0.25) is 0 Å². The number of carbonyl (C=O) groups excluding carboxylic acids is 1. The number of halogens is 1. The number of nitrogen functional groups attached to an aromatic ring is 1. The van der Waals surface area contributed by atoms with Crippen LogP contribution in [-0.4, -0.2) is 11.9 Å². The maximum Gasteiger partial charge on any atom is 0.254 e. The van der Waals surface area contributed by atoms with Gasteiger partial charge in [0.15, 0.2) is 0 Å². The number of benzene rings is 1. The van der Waals surface area contributed by atoms with Gasteiger partial charge >= 0.3 is 0 Å². The van der Waals surface area contributed by atoms with Gasteiger partial charge in [-0.1, -0.05) is 12.2 Å². The summed E-state index contributed by atoms with van der Waals surface area (Å²) < 4.78 is 13.4. The summed E-state index contributed by atoms with van der Waals surface area (Å²) in [5.41, 5.74) is 5.77. The van der Waals surface area contributed by atoms with Crippen molar-refractivity contribution < 1.29 is 9.18 Å². The summed E-state index contributed by atoms with van der Waals surface area (Å²) in [6, 6.07) is 4.17. The van der Waals surface area contributed by atoms with E-state index in [-0.39, 0.29) is 17.5 Å². The standard InChI is InChI=1S/C12H13FN2O/c13-11-7-8(14)5-6-10(11)12(16)15-9-3-1-2-4-9/h1-2,5-7,9H,3-4,14H2,(H,15,16). The van der Waals surface area contributed by atoms with Crippen molar-refractivity contribution in [2.75, 3.05) is 5.73 Å². The third-order valence-electron chi connectivity index (χ3n) is 2.58. The molecular formula is C12H13FN2O. The molecule has 1 aliphatic carbocycles. The number of nitrogens with one attached hydrogen (secondary N) is 1. The molecule has 0 spiro atoms. The summed E-state index contributed by atoms with van der Waals surface area (Å²) in [5.74, 6) is -0.963. The van der Waals surface area contributed by atoms with Crippen molar-refractivity contribution in [2.45, 2.75) is 18.9 Å². The molecule has 3 nitrogen and oxygen atoms in total. The van der Waals surface area contributed by atoms with E-state index < -0.39 is 5.82 Å². The molecule has 2 rings (SSSR count). The van der Waals surface area contributed by atoms with Crippen LogP contribution < -0.4 is 11.1 Å². The van der Waals surface area contributed by atoms with Gasteiger partial charge in [-0.25, -0.2) is 4.39 Å². The second-order valence-corrected chi connectivity index (χ2v) is 3.85. The van der Waals surface area contributed by atoms with Crippen LogP contribution in [0, 0.1) is 5.82 Å². The lowest BCUT2D eigenvalue weighted by molar-refractivity contribution is 0.0935. The molecule has 4 heteroatoms. The van der Waals surface area contributed by atoms with Crippen LogP contribution in [0.1, 0.15) is 23.2 Å². The molecule has 0 saturated carbocycles. The normalized spacial score (nSPS) is 15.3. The van der Waals surface area contributed by atoms with Gasteiger partial charge in [0, 0.05) is 11.7 Å². The summed E-state index contributed by atoms with van der Waals surface area (Å²) >= 11 is 0. The maximum atomic E-state index is 13.4. The molecule has 0 saturated heterocycles. The Kier molecular flexibility index (Phi) is 2.90. The van der Waals surface area contributed by atoms with Gasteiger partial charge < -0.3 is 11.1 Å². The molecule has 3 N–H and O–H groups in total. The molecule has 0 radical (unpaired) electrons. The Balaban J connectivity index is 2.08. The summed E-state index contributed by atoms with van der Waals surface area (Å²) in [6.45, 7) is 0. The Labute approximate surface area is 93.1 Å². The highest BCUT2D eigenvalue weighted by Crippen LogP contribution is 2.14. The van der Waals surface area contributed by atoms with Gasteiger partial charge in [0.25, 0.3) is 5.91 Å². The van der Waals surface area contributed by atoms with Gasteiger partial charge in [-0.3, -0.25) is 4.79 Å². The van der Waals surface area contributed by atoms with Crippen LogP contribution in [0.25, 0.3) is 0 Å². The van der Waals surface area contributed by atoms with Crippen LogP contribution >= 0.6 is 0 Å². The van der Waals surface area contributed by atoms with Crippen molar-refractivity contribution in [3.8, 4) is 0 Å². The number of amides is 1. The minimum absolute atomic E-state index is 0.0427. The monoisotopic (exact) mass is 220 g/mol. The van der Waals surface area contributed by atoms with Crippen LogP contribution in [0.15, 0.2) is 30.4 Å². The van der Waals surface area contributed by atoms with E-state index in [9.17, 15) is 9.18 Å². The number of anilines is 1. The van der Waals surface area contributed by atoms with E-state index in [1.165, 1.54) is 12.1 Å². The maximum absolute atomic E-state index is 13.4. The van der Waals surface area contributed by atoms with Crippen molar-refractivity contribution in [3.63, 3.8) is 0 Å². The number of hydrogen-bond acceptors (Lipinski definition) is 2. The van der Waals surface area contributed by atoms with E-state index in [1.54, 1.807) is 0 Å². The minimum atomic E-state index is -0.580. The average Bonchev–Trinajstić information content (AvgIpc) is 2.70. The first kappa shape index (κ1) is 10.7. The molecule has 84 valence electrons. The van der Waals surface area contributed by atoms with Crippen molar-refractivity contribution in [1.82, 2.24) is 5.32 Å². The van der Waals surface area contributed by atoms with Crippen molar-refractivity contribution in [3.05, 3.63) is 41.7 Å². The largest absolute Gasteiger partial charge is 0.399 e. The molecule has 0 aromatic heterocycles. The fourth-order valence-electron chi connectivity index (χ4n) is 1.71. The summed E-state index contributed by atoms with van der Waals surface area (Å²) in [7, 11) is 0. The lowest BCUT2D eigenvalue weighted by Gasteiger charge is -2.12. The molecule has 1 aliphatic rings. The van der Waals surface area contributed by atoms with Gasteiger partial charge in [-0.2, -0.15) is 0 Å². The van der Waals surface area contributed by atoms with E-state index in [1.807, 2.05) is 12.2 Å². The predicted molar refractivity (Wildman–Crippen MR) is 60.4 cm³/mol. The van der Waals surface area contributed by atoms with Crippen LogP contribution in [0.3, 0.4) is 0 Å². The highest BCUT2D eigenvalue weighted by Gasteiger charge is 2.17. The van der Waals surface area contributed by atoms with Gasteiger partial charge in [0.1, 0.15) is 5.82 Å². The number of carbonyl (C=O) groups is 1. The molecule has 1 aromatic carbocycles. The third kappa shape index (κ3) is 2.21. The zero-order valence-corrected chi connectivity index (χ0v) is 8.74. The Morgan fingerprint density at radius 1 is 1.38 bits per heavy atom. The first-order valence-corrected chi connectivity index (χ1v) is 5.17. The van der Waals surface area contributed by atoms with Crippen molar-refractivity contribution in [2.24, 2.45) is 0 Å². The molecule has 0 fully saturated rings. The van der Waals surface area contributed by atoms with E-state index in [4.69, 9.17) is 5.73 Å². The van der Waals surface area contributed by atoms with Gasteiger partial charge in [-0.05, 0) is 31.0 Å². The van der Waals surface area contributed by atoms with E-state index in [0.29, 0.717) is 5.69 Å². The van der Waals surface area contributed by atoms with Crippen LogP contribution in [0.2, 0.25) is 0 Å². The smallest absolute Gasteiger partial charge is 0.254 e. The lowest BCUT2D eigenvalue weighted by atomic mass is 10.1. The lowest BCUT2D eigenvalue weighted by Crippen LogP contribution is -2.33. The molecular weight excluding hydrogens is 207 g/mol. The van der Waals surface area contributed by atoms with Crippen LogP contribution in [0.4, 0.5) is 10.1 Å². The molecule has 0 heterocycles. The third-order valence-corrected chi connectivity index (χ3v) is 2.58. The van der Waals surface area contributed by atoms with Crippen LogP contribution in [-0.2, 0) is 0 Å². The summed E-state index contributed by atoms with van der Waals surface area (Å²) in [5, 5.41) is 2.77. The van der Waals surface area contributed by atoms with E-state index in [0.717, 1.165) is 18.9 Å². The van der Waals surface area contributed by atoms with E-state index >= 15 is 0 Å². The Morgan fingerprint density at radius 3 is 2.69 bits per heavy atom. The number of rotatable bonds is 2. The molecule has 0 aliphatic heterocycles. The first-order valence-electron chi connectivity index (χ1n) is 5.17. The van der Waals surface area contributed by atoms with Gasteiger partial charge in [-0.15, -0.1) is 0 Å². The van der Waals surface area contributed by atoms with Crippen LogP contribution in [0.5, 0.6) is 0 Å². The topological polar surface area (TPSA) is 55.1 Å². The van der Waals surface area contributed by atoms with E-state index in [2.05, 4.69) is 5.32 Å². The Morgan fingerprint density at radius 2 is 2.06 bits per heavy atom. The molecule has 1 aromatic rings. The number of hydrogen-bond donors (Lipinski definition) is 2. The zero-order valence-electron chi connectivity index (χ0n) is 8.74.